The molecule has 30 heavy (non-hydrogen) atoms. The number of thioether (sulfide) groups is 1. The Morgan fingerprint density at radius 1 is 1.13 bits per heavy atom. The summed E-state index contributed by atoms with van der Waals surface area (Å²) in [7, 11) is 0. The molecule has 1 aromatic heterocycles. The first-order chi connectivity index (χ1) is 14.4. The molecule has 0 spiro atoms. The topological polar surface area (TPSA) is 64.0 Å². The number of amides is 1. The molecule has 1 saturated carbocycles. The Kier molecular flexibility index (Phi) is 5.95. The van der Waals surface area contributed by atoms with E-state index in [9.17, 15) is 9.59 Å². The number of benzene rings is 2. The number of carbonyl (C=O) groups excluding carboxylic acids is 1. The Labute approximate surface area is 180 Å². The minimum atomic E-state index is -0.351. The highest BCUT2D eigenvalue weighted by atomic mass is 32.2. The minimum Gasteiger partial charge on any atom is -0.352 e. The van der Waals surface area contributed by atoms with Gasteiger partial charge < -0.3 is 5.32 Å². The van der Waals surface area contributed by atoms with E-state index in [4.69, 9.17) is 4.98 Å². The van der Waals surface area contributed by atoms with Crippen LogP contribution in [0.4, 0.5) is 0 Å². The van der Waals surface area contributed by atoms with Gasteiger partial charge in [-0.1, -0.05) is 42.8 Å². The average molecular weight is 422 g/mol. The van der Waals surface area contributed by atoms with E-state index in [1.807, 2.05) is 51.1 Å². The van der Waals surface area contributed by atoms with Gasteiger partial charge in [0.15, 0.2) is 5.16 Å². The number of aromatic nitrogens is 2. The summed E-state index contributed by atoms with van der Waals surface area (Å²) in [5.41, 5.74) is 3.47. The highest BCUT2D eigenvalue weighted by Crippen LogP contribution is 2.27. The molecular weight excluding hydrogens is 394 g/mol. The molecule has 156 valence electrons. The van der Waals surface area contributed by atoms with Gasteiger partial charge in [0.25, 0.3) is 5.56 Å². The number of carbonyl (C=O) groups is 1. The lowest BCUT2D eigenvalue weighted by atomic mass is 10.1. The number of fused-ring (bicyclic) bond motifs is 1. The first-order valence-electron chi connectivity index (χ1n) is 10.5. The Bertz CT molecular complexity index is 1130. The quantitative estimate of drug-likeness (QED) is 0.485. The molecule has 0 radical (unpaired) electrons. The lowest BCUT2D eigenvalue weighted by Crippen LogP contribution is -2.38. The third-order valence-corrected chi connectivity index (χ3v) is 6.61. The fraction of sp³-hybridized carbons (Fsp3) is 0.375. The summed E-state index contributed by atoms with van der Waals surface area (Å²) in [6.07, 6.45) is 4.44. The molecule has 0 bridgehead atoms. The average Bonchev–Trinajstić information content (AvgIpc) is 3.20. The van der Waals surface area contributed by atoms with Crippen LogP contribution in [0.1, 0.15) is 43.7 Å². The SMILES string of the molecule is Cc1cc(C)cc(-n2c(SC(C)C(=O)NC3CCCC3)nc3ccccc3c2=O)c1. The molecule has 1 aliphatic rings. The maximum atomic E-state index is 13.4. The maximum absolute atomic E-state index is 13.4. The normalized spacial score (nSPS) is 15.4. The monoisotopic (exact) mass is 421 g/mol. The van der Waals surface area contributed by atoms with E-state index in [-0.39, 0.29) is 22.8 Å². The third kappa shape index (κ3) is 4.29. The molecule has 6 heteroatoms. The molecular formula is C24H27N3O2S. The smallest absolute Gasteiger partial charge is 0.266 e. The largest absolute Gasteiger partial charge is 0.352 e. The van der Waals surface area contributed by atoms with Crippen molar-refractivity contribution in [2.75, 3.05) is 0 Å². The zero-order chi connectivity index (χ0) is 21.3. The van der Waals surface area contributed by atoms with Crippen molar-refractivity contribution in [3.63, 3.8) is 0 Å². The van der Waals surface area contributed by atoms with Gasteiger partial charge in [-0.05, 0) is 69.0 Å². The summed E-state index contributed by atoms with van der Waals surface area (Å²) in [4.78, 5) is 30.9. The van der Waals surface area contributed by atoms with E-state index >= 15 is 0 Å². The lowest BCUT2D eigenvalue weighted by Gasteiger charge is -2.19. The van der Waals surface area contributed by atoms with Crippen LogP contribution in [0.15, 0.2) is 52.4 Å². The summed E-state index contributed by atoms with van der Waals surface area (Å²) in [5, 5.41) is 3.91. The van der Waals surface area contributed by atoms with E-state index < -0.39 is 0 Å². The van der Waals surface area contributed by atoms with Gasteiger partial charge in [0.2, 0.25) is 5.91 Å². The van der Waals surface area contributed by atoms with Crippen molar-refractivity contribution >= 4 is 28.6 Å². The molecule has 0 aliphatic heterocycles. The molecule has 1 heterocycles. The summed E-state index contributed by atoms with van der Waals surface area (Å²) in [6.45, 7) is 5.91. The lowest BCUT2D eigenvalue weighted by molar-refractivity contribution is -0.120. The van der Waals surface area contributed by atoms with E-state index in [2.05, 4.69) is 11.4 Å². The Morgan fingerprint density at radius 3 is 2.50 bits per heavy atom. The fourth-order valence-electron chi connectivity index (χ4n) is 4.10. The second kappa shape index (κ2) is 8.64. The highest BCUT2D eigenvalue weighted by molar-refractivity contribution is 8.00. The van der Waals surface area contributed by atoms with Crippen molar-refractivity contribution in [2.24, 2.45) is 0 Å². The van der Waals surface area contributed by atoms with Gasteiger partial charge in [0.1, 0.15) is 0 Å². The van der Waals surface area contributed by atoms with Crippen molar-refractivity contribution in [1.82, 2.24) is 14.9 Å². The molecule has 1 unspecified atom stereocenters. The van der Waals surface area contributed by atoms with E-state index in [0.717, 1.165) is 29.7 Å². The summed E-state index contributed by atoms with van der Waals surface area (Å²) in [6, 6.07) is 13.7. The Balaban J connectivity index is 1.75. The molecule has 2 aromatic carbocycles. The number of aryl methyl sites for hydroxylation is 2. The molecule has 0 saturated heterocycles. The predicted molar refractivity (Wildman–Crippen MR) is 123 cm³/mol. The van der Waals surface area contributed by atoms with Gasteiger partial charge in [-0.2, -0.15) is 0 Å². The number of rotatable bonds is 5. The van der Waals surface area contributed by atoms with Crippen molar-refractivity contribution < 1.29 is 4.79 Å². The summed E-state index contributed by atoms with van der Waals surface area (Å²) >= 11 is 1.34. The Hall–Kier alpha value is -2.60. The van der Waals surface area contributed by atoms with Crippen LogP contribution in [-0.4, -0.2) is 26.8 Å². The Morgan fingerprint density at radius 2 is 1.80 bits per heavy atom. The molecule has 1 N–H and O–H groups in total. The van der Waals surface area contributed by atoms with Crippen LogP contribution in [0.25, 0.3) is 16.6 Å². The van der Waals surface area contributed by atoms with Crippen LogP contribution in [0.3, 0.4) is 0 Å². The van der Waals surface area contributed by atoms with E-state index in [1.54, 1.807) is 10.6 Å². The van der Waals surface area contributed by atoms with E-state index in [1.165, 1.54) is 24.6 Å². The molecule has 5 nitrogen and oxygen atoms in total. The van der Waals surface area contributed by atoms with Crippen molar-refractivity contribution in [3.05, 3.63) is 63.9 Å². The van der Waals surface area contributed by atoms with Gasteiger partial charge in [-0.25, -0.2) is 4.98 Å². The molecule has 3 aromatic rings. The number of para-hydroxylation sites is 1. The fourth-order valence-corrected chi connectivity index (χ4v) is 5.04. The zero-order valence-electron chi connectivity index (χ0n) is 17.6. The number of nitrogens with zero attached hydrogens (tertiary/aromatic N) is 2. The van der Waals surface area contributed by atoms with Crippen molar-refractivity contribution in [2.45, 2.75) is 62.9 Å². The first kappa shape index (κ1) is 20.7. The van der Waals surface area contributed by atoms with Gasteiger partial charge in [-0.15, -0.1) is 0 Å². The number of hydrogen-bond donors (Lipinski definition) is 1. The van der Waals surface area contributed by atoms with Crippen LogP contribution >= 0.6 is 11.8 Å². The van der Waals surface area contributed by atoms with Crippen LogP contribution in [-0.2, 0) is 4.79 Å². The second-order valence-electron chi connectivity index (χ2n) is 8.15. The van der Waals surface area contributed by atoms with Gasteiger partial charge in [0, 0.05) is 6.04 Å². The number of nitrogens with one attached hydrogen (secondary N) is 1. The number of hydrogen-bond acceptors (Lipinski definition) is 4. The van der Waals surface area contributed by atoms with Gasteiger partial charge in [0.05, 0.1) is 21.8 Å². The highest BCUT2D eigenvalue weighted by Gasteiger charge is 2.24. The zero-order valence-corrected chi connectivity index (χ0v) is 18.5. The van der Waals surface area contributed by atoms with Gasteiger partial charge >= 0.3 is 0 Å². The van der Waals surface area contributed by atoms with Crippen molar-refractivity contribution in [3.8, 4) is 5.69 Å². The van der Waals surface area contributed by atoms with Crippen LogP contribution < -0.4 is 10.9 Å². The first-order valence-corrected chi connectivity index (χ1v) is 11.4. The van der Waals surface area contributed by atoms with Crippen molar-refractivity contribution in [1.29, 1.82) is 0 Å². The third-order valence-electron chi connectivity index (χ3n) is 5.56. The molecule has 1 fully saturated rings. The van der Waals surface area contributed by atoms with Crippen LogP contribution in [0.5, 0.6) is 0 Å². The van der Waals surface area contributed by atoms with E-state index in [0.29, 0.717) is 16.1 Å². The maximum Gasteiger partial charge on any atom is 0.266 e. The molecule has 4 rings (SSSR count). The van der Waals surface area contributed by atoms with Gasteiger partial charge in [-0.3, -0.25) is 14.2 Å². The molecule has 1 atom stereocenters. The minimum absolute atomic E-state index is 0.00119. The summed E-state index contributed by atoms with van der Waals surface area (Å²) < 4.78 is 1.65. The molecule has 1 aliphatic carbocycles. The molecule has 1 amide bonds. The van der Waals surface area contributed by atoms with Crippen LogP contribution in [0.2, 0.25) is 0 Å². The predicted octanol–water partition coefficient (Wildman–Crippen LogP) is 4.54. The standard InChI is InChI=1S/C24H27N3O2S/c1-15-12-16(2)14-19(13-15)27-23(29)20-10-6-7-11-21(20)26-24(27)30-17(3)22(28)25-18-8-4-5-9-18/h6-7,10-14,17-18H,4-5,8-9H2,1-3H3,(H,25,28). The summed E-state index contributed by atoms with van der Waals surface area (Å²) in [5.74, 6) is 0.00119. The van der Waals surface area contributed by atoms with Crippen LogP contribution in [0, 0.1) is 13.8 Å². The second-order valence-corrected chi connectivity index (χ2v) is 9.46.